The minimum atomic E-state index is -0.482. The molecule has 0 saturated carbocycles. The number of nitrogens with zero attached hydrogens (tertiary/aromatic N) is 1. The van der Waals surface area contributed by atoms with Crippen LogP contribution in [-0.4, -0.2) is 18.0 Å². The summed E-state index contributed by atoms with van der Waals surface area (Å²) >= 11 is 0. The molecule has 2 aromatic carbocycles. The lowest BCUT2D eigenvalue weighted by Crippen LogP contribution is -2.13. The second-order valence-electron chi connectivity index (χ2n) is 5.18. The van der Waals surface area contributed by atoms with Gasteiger partial charge in [-0.1, -0.05) is 18.2 Å². The summed E-state index contributed by atoms with van der Waals surface area (Å²) in [6.07, 6.45) is 1.19. The first-order valence-corrected chi connectivity index (χ1v) is 7.24. The second kappa shape index (κ2) is 6.54. The van der Waals surface area contributed by atoms with Crippen molar-refractivity contribution in [3.8, 4) is 17.1 Å². The molecule has 0 saturated heterocycles. The highest BCUT2D eigenvalue weighted by molar-refractivity contribution is 6.06. The Morgan fingerprint density at radius 3 is 2.83 bits per heavy atom. The number of aromatic nitrogens is 1. The molecule has 0 bridgehead atoms. The van der Waals surface area contributed by atoms with Crippen LogP contribution in [0.25, 0.3) is 11.3 Å². The number of ether oxygens (including phenoxy) is 1. The van der Waals surface area contributed by atoms with E-state index in [1.807, 2.05) is 0 Å². The topological polar surface area (TPSA) is 64.4 Å². The van der Waals surface area contributed by atoms with Crippen LogP contribution >= 0.6 is 0 Å². The van der Waals surface area contributed by atoms with E-state index in [0.717, 1.165) is 0 Å². The van der Waals surface area contributed by atoms with Gasteiger partial charge in [0.2, 0.25) is 0 Å². The molecule has 122 valence electrons. The van der Waals surface area contributed by atoms with Gasteiger partial charge in [-0.2, -0.15) is 0 Å². The fraction of sp³-hybridized carbons (Fsp3) is 0.111. The van der Waals surface area contributed by atoms with Crippen LogP contribution < -0.4 is 10.1 Å². The van der Waals surface area contributed by atoms with Gasteiger partial charge in [0, 0.05) is 11.3 Å². The Balaban J connectivity index is 1.88. The minimum Gasteiger partial charge on any atom is -0.497 e. The van der Waals surface area contributed by atoms with Gasteiger partial charge in [-0.15, -0.1) is 0 Å². The van der Waals surface area contributed by atoms with Crippen LogP contribution in [0.15, 0.2) is 53.3 Å². The molecule has 0 aliphatic carbocycles. The van der Waals surface area contributed by atoms with Crippen molar-refractivity contribution < 1.29 is 18.3 Å². The Hall–Kier alpha value is -3.15. The Kier molecular flexibility index (Phi) is 4.29. The summed E-state index contributed by atoms with van der Waals surface area (Å²) < 4.78 is 24.1. The number of rotatable bonds is 4. The van der Waals surface area contributed by atoms with E-state index in [9.17, 15) is 9.18 Å². The molecule has 1 aromatic heterocycles. The van der Waals surface area contributed by atoms with Gasteiger partial charge < -0.3 is 14.5 Å². The number of aryl methyl sites for hydroxylation is 1. The monoisotopic (exact) mass is 326 g/mol. The summed E-state index contributed by atoms with van der Waals surface area (Å²) in [5.41, 5.74) is 1.63. The molecule has 0 aliphatic heterocycles. The predicted molar refractivity (Wildman–Crippen MR) is 87.6 cm³/mol. The Morgan fingerprint density at radius 2 is 2.08 bits per heavy atom. The number of amides is 1. The standard InChI is InChI=1S/C18H15FN2O3/c1-11-6-7-13(9-15(11)19)21-18(22)16-17(24-10-20-16)12-4-3-5-14(8-12)23-2/h3-10H,1-2H3,(H,21,22). The van der Waals surface area contributed by atoms with Gasteiger partial charge in [0.15, 0.2) is 17.8 Å². The fourth-order valence-corrected chi connectivity index (χ4v) is 2.24. The highest BCUT2D eigenvalue weighted by Crippen LogP contribution is 2.27. The third-order valence-corrected chi connectivity index (χ3v) is 3.54. The van der Waals surface area contributed by atoms with Gasteiger partial charge >= 0.3 is 0 Å². The summed E-state index contributed by atoms with van der Waals surface area (Å²) in [6, 6.07) is 11.6. The van der Waals surface area contributed by atoms with E-state index in [0.29, 0.717) is 28.3 Å². The van der Waals surface area contributed by atoms with Gasteiger partial charge in [0.25, 0.3) is 5.91 Å². The zero-order valence-electron chi connectivity index (χ0n) is 13.2. The summed E-state index contributed by atoms with van der Waals surface area (Å²) in [5.74, 6) is 0.0839. The SMILES string of the molecule is COc1cccc(-c2ocnc2C(=O)Nc2ccc(C)c(F)c2)c1. The zero-order chi connectivity index (χ0) is 17.1. The van der Waals surface area contributed by atoms with E-state index in [1.165, 1.54) is 12.5 Å². The molecule has 0 aliphatic rings. The van der Waals surface area contributed by atoms with Crippen molar-refractivity contribution in [3.05, 3.63) is 65.9 Å². The molecule has 1 heterocycles. The number of nitrogens with one attached hydrogen (secondary N) is 1. The number of hydrogen-bond donors (Lipinski definition) is 1. The predicted octanol–water partition coefficient (Wildman–Crippen LogP) is 4.05. The maximum absolute atomic E-state index is 13.6. The van der Waals surface area contributed by atoms with Crippen LogP contribution in [0.1, 0.15) is 16.1 Å². The summed E-state index contributed by atoms with van der Waals surface area (Å²) in [6.45, 7) is 1.65. The number of halogens is 1. The molecule has 0 radical (unpaired) electrons. The normalized spacial score (nSPS) is 10.5. The van der Waals surface area contributed by atoms with Crippen molar-refractivity contribution in [2.45, 2.75) is 6.92 Å². The molecular weight excluding hydrogens is 311 g/mol. The highest BCUT2D eigenvalue weighted by atomic mass is 19.1. The third kappa shape index (κ3) is 3.12. The largest absolute Gasteiger partial charge is 0.497 e. The molecule has 1 N–H and O–H groups in total. The molecule has 3 rings (SSSR count). The van der Waals surface area contributed by atoms with E-state index >= 15 is 0 Å². The Bertz CT molecular complexity index is 889. The minimum absolute atomic E-state index is 0.115. The molecule has 0 fully saturated rings. The second-order valence-corrected chi connectivity index (χ2v) is 5.18. The summed E-state index contributed by atoms with van der Waals surface area (Å²) in [4.78, 5) is 16.4. The van der Waals surface area contributed by atoms with E-state index in [-0.39, 0.29) is 11.5 Å². The van der Waals surface area contributed by atoms with Gasteiger partial charge in [-0.25, -0.2) is 9.37 Å². The average Bonchev–Trinajstić information content (AvgIpc) is 3.08. The van der Waals surface area contributed by atoms with E-state index in [1.54, 1.807) is 50.4 Å². The van der Waals surface area contributed by atoms with Gasteiger partial charge in [0.05, 0.1) is 7.11 Å². The third-order valence-electron chi connectivity index (χ3n) is 3.54. The summed E-state index contributed by atoms with van der Waals surface area (Å²) in [5, 5.41) is 2.62. The number of benzene rings is 2. The number of hydrogen-bond acceptors (Lipinski definition) is 4. The number of carbonyl (C=O) groups excluding carboxylic acids is 1. The number of oxazole rings is 1. The van der Waals surface area contributed by atoms with E-state index in [4.69, 9.17) is 9.15 Å². The highest BCUT2D eigenvalue weighted by Gasteiger charge is 2.19. The molecule has 0 atom stereocenters. The molecule has 24 heavy (non-hydrogen) atoms. The molecule has 3 aromatic rings. The van der Waals surface area contributed by atoms with Gasteiger partial charge in [0.1, 0.15) is 11.6 Å². The number of methoxy groups -OCH3 is 1. The molecule has 5 nitrogen and oxygen atoms in total. The Morgan fingerprint density at radius 1 is 1.25 bits per heavy atom. The van der Waals surface area contributed by atoms with Crippen molar-refractivity contribution in [1.82, 2.24) is 4.98 Å². The number of anilines is 1. The fourth-order valence-electron chi connectivity index (χ4n) is 2.24. The lowest BCUT2D eigenvalue weighted by molar-refractivity contribution is 0.102. The molecule has 6 heteroatoms. The van der Waals surface area contributed by atoms with Crippen LogP contribution in [0.3, 0.4) is 0 Å². The zero-order valence-corrected chi connectivity index (χ0v) is 13.2. The molecule has 1 amide bonds. The average molecular weight is 326 g/mol. The Labute approximate surface area is 138 Å². The maximum atomic E-state index is 13.6. The van der Waals surface area contributed by atoms with Crippen molar-refractivity contribution in [3.63, 3.8) is 0 Å². The van der Waals surface area contributed by atoms with E-state index < -0.39 is 5.91 Å². The first-order valence-electron chi connectivity index (χ1n) is 7.24. The van der Waals surface area contributed by atoms with Crippen molar-refractivity contribution >= 4 is 11.6 Å². The van der Waals surface area contributed by atoms with Gasteiger partial charge in [-0.3, -0.25) is 4.79 Å². The smallest absolute Gasteiger partial charge is 0.278 e. The molecule has 0 spiro atoms. The molecular formula is C18H15FN2O3. The lowest BCUT2D eigenvalue weighted by Gasteiger charge is -2.06. The number of carbonyl (C=O) groups is 1. The summed E-state index contributed by atoms with van der Waals surface area (Å²) in [7, 11) is 1.55. The maximum Gasteiger partial charge on any atom is 0.278 e. The van der Waals surface area contributed by atoms with Crippen LogP contribution in [0.2, 0.25) is 0 Å². The quantitative estimate of drug-likeness (QED) is 0.785. The van der Waals surface area contributed by atoms with Crippen LogP contribution in [-0.2, 0) is 0 Å². The van der Waals surface area contributed by atoms with Crippen molar-refractivity contribution in [2.75, 3.05) is 12.4 Å². The molecule has 0 unspecified atom stereocenters. The lowest BCUT2D eigenvalue weighted by atomic mass is 10.1. The van der Waals surface area contributed by atoms with Crippen molar-refractivity contribution in [2.24, 2.45) is 0 Å². The van der Waals surface area contributed by atoms with Crippen LogP contribution in [0.4, 0.5) is 10.1 Å². The van der Waals surface area contributed by atoms with Crippen LogP contribution in [0.5, 0.6) is 5.75 Å². The van der Waals surface area contributed by atoms with E-state index in [2.05, 4.69) is 10.3 Å². The van der Waals surface area contributed by atoms with Crippen molar-refractivity contribution in [1.29, 1.82) is 0 Å². The van der Waals surface area contributed by atoms with Gasteiger partial charge in [-0.05, 0) is 36.8 Å². The first kappa shape index (κ1) is 15.7. The van der Waals surface area contributed by atoms with Crippen LogP contribution in [0, 0.1) is 12.7 Å². The first-order chi connectivity index (χ1) is 11.6.